The average molecular weight is 326 g/mol. The fourth-order valence-corrected chi connectivity index (χ4v) is 2.48. The molecule has 1 heterocycles. The number of aliphatic carboxylic acids is 1. The zero-order chi connectivity index (χ0) is 13.8. The van der Waals surface area contributed by atoms with Crippen molar-refractivity contribution in [2.45, 2.75) is 13.0 Å². The van der Waals surface area contributed by atoms with Gasteiger partial charge in [-0.25, -0.2) is 4.79 Å². The Bertz CT molecular complexity index is 501. The van der Waals surface area contributed by atoms with Crippen LogP contribution in [-0.2, 0) is 9.53 Å². The summed E-state index contributed by atoms with van der Waals surface area (Å²) in [4.78, 5) is 12.9. The Kier molecular flexibility index (Phi) is 4.61. The molecule has 1 aromatic rings. The van der Waals surface area contributed by atoms with Crippen LogP contribution in [0.5, 0.6) is 0 Å². The predicted molar refractivity (Wildman–Crippen MR) is 78.4 cm³/mol. The molecule has 0 saturated carbocycles. The summed E-state index contributed by atoms with van der Waals surface area (Å²) in [7, 11) is 0. The van der Waals surface area contributed by atoms with Gasteiger partial charge in [-0.05, 0) is 30.7 Å². The lowest BCUT2D eigenvalue weighted by Gasteiger charge is -2.34. The van der Waals surface area contributed by atoms with Crippen LogP contribution in [0, 0.1) is 0 Å². The number of anilines is 1. The highest BCUT2D eigenvalue weighted by molar-refractivity contribution is 9.10. The zero-order valence-corrected chi connectivity index (χ0v) is 12.3. The predicted octanol–water partition coefficient (Wildman–Crippen LogP) is 2.77. The number of carbonyl (C=O) groups is 1. The summed E-state index contributed by atoms with van der Waals surface area (Å²) < 4.78 is 6.51. The van der Waals surface area contributed by atoms with Gasteiger partial charge in [0.2, 0.25) is 0 Å². The Balaban J connectivity index is 2.31. The fourth-order valence-electron chi connectivity index (χ4n) is 2.13. The number of hydrogen-bond donors (Lipinski definition) is 1. The molecule has 1 aliphatic heterocycles. The van der Waals surface area contributed by atoms with E-state index in [-0.39, 0.29) is 6.10 Å². The van der Waals surface area contributed by atoms with Gasteiger partial charge in [-0.15, -0.1) is 0 Å². The standard InChI is InChI=1S/C14H16BrNO3/c1-10-9-16(6-7-19-10)13-8-12(15)4-2-11(13)3-5-14(17)18/h2-5,8,10H,6-7,9H2,1H3,(H,17,18)/b5-3+. The third kappa shape index (κ3) is 3.81. The van der Waals surface area contributed by atoms with Crippen molar-refractivity contribution in [1.82, 2.24) is 0 Å². The fraction of sp³-hybridized carbons (Fsp3) is 0.357. The first kappa shape index (κ1) is 14.1. The van der Waals surface area contributed by atoms with Gasteiger partial charge in [0.05, 0.1) is 12.7 Å². The van der Waals surface area contributed by atoms with Crippen molar-refractivity contribution >= 4 is 33.7 Å². The van der Waals surface area contributed by atoms with Crippen LogP contribution in [0.15, 0.2) is 28.7 Å². The first-order valence-corrected chi connectivity index (χ1v) is 6.92. The molecule has 0 spiro atoms. The summed E-state index contributed by atoms with van der Waals surface area (Å²) >= 11 is 3.46. The molecule has 0 aliphatic carbocycles. The van der Waals surface area contributed by atoms with Crippen LogP contribution in [0.25, 0.3) is 6.08 Å². The lowest BCUT2D eigenvalue weighted by atomic mass is 10.1. The van der Waals surface area contributed by atoms with Crippen LogP contribution >= 0.6 is 15.9 Å². The van der Waals surface area contributed by atoms with E-state index in [0.717, 1.165) is 34.9 Å². The maximum Gasteiger partial charge on any atom is 0.328 e. The van der Waals surface area contributed by atoms with E-state index in [4.69, 9.17) is 9.84 Å². The lowest BCUT2D eigenvalue weighted by molar-refractivity contribution is -0.131. The molecular weight excluding hydrogens is 310 g/mol. The Labute approximate surface area is 120 Å². The van der Waals surface area contributed by atoms with Gasteiger partial charge in [-0.1, -0.05) is 22.0 Å². The number of carboxylic acid groups (broad SMARTS) is 1. The van der Waals surface area contributed by atoms with E-state index in [9.17, 15) is 4.79 Å². The summed E-state index contributed by atoms with van der Waals surface area (Å²) in [6, 6.07) is 5.84. The molecule has 0 radical (unpaired) electrons. The highest BCUT2D eigenvalue weighted by Crippen LogP contribution is 2.27. The summed E-state index contributed by atoms with van der Waals surface area (Å²) in [5.74, 6) is -0.941. The molecule has 5 heteroatoms. The smallest absolute Gasteiger partial charge is 0.328 e. The van der Waals surface area contributed by atoms with E-state index < -0.39 is 5.97 Å². The van der Waals surface area contributed by atoms with Gasteiger partial charge in [0.1, 0.15) is 0 Å². The van der Waals surface area contributed by atoms with Crippen molar-refractivity contribution in [3.63, 3.8) is 0 Å². The van der Waals surface area contributed by atoms with Crippen LogP contribution < -0.4 is 4.90 Å². The first-order chi connectivity index (χ1) is 9.06. The van der Waals surface area contributed by atoms with Crippen LogP contribution in [0.2, 0.25) is 0 Å². The third-order valence-electron chi connectivity index (χ3n) is 2.98. The summed E-state index contributed by atoms with van der Waals surface area (Å²) in [5, 5.41) is 8.74. The number of carboxylic acids is 1. The molecule has 1 atom stereocenters. The minimum atomic E-state index is -0.941. The van der Waals surface area contributed by atoms with Gasteiger partial charge in [-0.3, -0.25) is 0 Å². The van der Waals surface area contributed by atoms with Crippen LogP contribution in [0.1, 0.15) is 12.5 Å². The SMILES string of the molecule is CC1CN(c2cc(Br)ccc2/C=C/C(=O)O)CCO1. The Morgan fingerprint density at radius 1 is 1.58 bits per heavy atom. The number of hydrogen-bond acceptors (Lipinski definition) is 3. The second kappa shape index (κ2) is 6.21. The van der Waals surface area contributed by atoms with Gasteiger partial charge in [-0.2, -0.15) is 0 Å². The Hall–Kier alpha value is -1.33. The molecule has 19 heavy (non-hydrogen) atoms. The largest absolute Gasteiger partial charge is 0.478 e. The van der Waals surface area contributed by atoms with E-state index in [1.807, 2.05) is 25.1 Å². The molecule has 4 nitrogen and oxygen atoms in total. The zero-order valence-electron chi connectivity index (χ0n) is 10.7. The molecule has 0 bridgehead atoms. The van der Waals surface area contributed by atoms with Gasteiger partial charge in [0.25, 0.3) is 0 Å². The Morgan fingerprint density at radius 3 is 3.05 bits per heavy atom. The highest BCUT2D eigenvalue weighted by atomic mass is 79.9. The van der Waals surface area contributed by atoms with E-state index >= 15 is 0 Å². The minimum absolute atomic E-state index is 0.184. The van der Waals surface area contributed by atoms with E-state index in [2.05, 4.69) is 20.8 Å². The molecule has 1 fully saturated rings. The number of ether oxygens (including phenoxy) is 1. The quantitative estimate of drug-likeness (QED) is 0.868. The number of halogens is 1. The van der Waals surface area contributed by atoms with Crippen molar-refractivity contribution in [2.75, 3.05) is 24.6 Å². The van der Waals surface area contributed by atoms with Crippen molar-refractivity contribution in [2.24, 2.45) is 0 Å². The lowest BCUT2D eigenvalue weighted by Crippen LogP contribution is -2.41. The average Bonchev–Trinajstić information content (AvgIpc) is 2.37. The van der Waals surface area contributed by atoms with Gasteiger partial charge in [0, 0.05) is 29.3 Å². The second-order valence-electron chi connectivity index (χ2n) is 4.50. The van der Waals surface area contributed by atoms with E-state index in [1.54, 1.807) is 6.08 Å². The highest BCUT2D eigenvalue weighted by Gasteiger charge is 2.18. The minimum Gasteiger partial charge on any atom is -0.478 e. The molecule has 0 aromatic heterocycles. The van der Waals surface area contributed by atoms with Gasteiger partial charge in [0.15, 0.2) is 0 Å². The normalized spacial score (nSPS) is 19.9. The molecule has 2 rings (SSSR count). The van der Waals surface area contributed by atoms with E-state index in [1.165, 1.54) is 0 Å². The summed E-state index contributed by atoms with van der Waals surface area (Å²) in [6.07, 6.45) is 2.98. The molecule has 1 saturated heterocycles. The molecule has 1 N–H and O–H groups in total. The molecule has 1 aliphatic rings. The maximum atomic E-state index is 10.6. The number of benzene rings is 1. The number of rotatable bonds is 3. The van der Waals surface area contributed by atoms with Crippen LogP contribution in [0.4, 0.5) is 5.69 Å². The number of nitrogens with zero attached hydrogens (tertiary/aromatic N) is 1. The number of morpholine rings is 1. The van der Waals surface area contributed by atoms with Crippen molar-refractivity contribution in [1.29, 1.82) is 0 Å². The first-order valence-electron chi connectivity index (χ1n) is 6.13. The topological polar surface area (TPSA) is 49.8 Å². The van der Waals surface area contributed by atoms with Crippen molar-refractivity contribution in [3.05, 3.63) is 34.3 Å². The van der Waals surface area contributed by atoms with Crippen molar-refractivity contribution in [3.8, 4) is 0 Å². The molecule has 0 amide bonds. The third-order valence-corrected chi connectivity index (χ3v) is 3.47. The van der Waals surface area contributed by atoms with Crippen LogP contribution in [0.3, 0.4) is 0 Å². The summed E-state index contributed by atoms with van der Waals surface area (Å²) in [6.45, 7) is 4.35. The molecular formula is C14H16BrNO3. The summed E-state index contributed by atoms with van der Waals surface area (Å²) in [5.41, 5.74) is 1.93. The van der Waals surface area contributed by atoms with Gasteiger partial charge < -0.3 is 14.7 Å². The molecule has 1 aromatic carbocycles. The second-order valence-corrected chi connectivity index (χ2v) is 5.42. The molecule has 102 valence electrons. The maximum absolute atomic E-state index is 10.6. The Morgan fingerprint density at radius 2 is 2.37 bits per heavy atom. The van der Waals surface area contributed by atoms with E-state index in [0.29, 0.717) is 6.61 Å². The molecule has 1 unspecified atom stereocenters. The van der Waals surface area contributed by atoms with Crippen molar-refractivity contribution < 1.29 is 14.6 Å². The van der Waals surface area contributed by atoms with Gasteiger partial charge >= 0.3 is 5.97 Å². The monoisotopic (exact) mass is 325 g/mol. The van der Waals surface area contributed by atoms with Crippen LogP contribution in [-0.4, -0.2) is 36.9 Å².